The second kappa shape index (κ2) is 10.1. The first-order valence-corrected chi connectivity index (χ1v) is 7.91. The lowest BCUT2D eigenvalue weighted by Crippen LogP contribution is -2.23. The van der Waals surface area contributed by atoms with E-state index in [1.165, 1.54) is 5.56 Å². The predicted molar refractivity (Wildman–Crippen MR) is 99.5 cm³/mol. The van der Waals surface area contributed by atoms with Gasteiger partial charge in [-0.05, 0) is 42.1 Å². The van der Waals surface area contributed by atoms with Crippen LogP contribution in [0.4, 0.5) is 0 Å². The average molecular weight is 349 g/mol. The molecule has 1 unspecified atom stereocenters. The van der Waals surface area contributed by atoms with Crippen LogP contribution < -0.4 is 11.1 Å². The summed E-state index contributed by atoms with van der Waals surface area (Å²) < 4.78 is 0. The Labute approximate surface area is 149 Å². The fraction of sp³-hybridized carbons (Fsp3) is 0.316. The molecule has 4 nitrogen and oxygen atoms in total. The molecular weight excluding hydrogens is 324 g/mol. The standard InChI is InChI=1S/C19H24N2O2.ClH/c1-14(15-7-9-17(10-8-15)19(20)23)11-12-21-13-18(22)16-5-3-2-4-6-16;/h2-10,14,18,21-22H,11-13H2,1H3,(H2,20,23);1H/t14-,18?;/m1./s1. The smallest absolute Gasteiger partial charge is 0.248 e. The van der Waals surface area contributed by atoms with Gasteiger partial charge in [-0.2, -0.15) is 0 Å². The van der Waals surface area contributed by atoms with Gasteiger partial charge in [0.15, 0.2) is 0 Å². The summed E-state index contributed by atoms with van der Waals surface area (Å²) in [5, 5.41) is 13.4. The molecule has 2 aromatic rings. The fourth-order valence-corrected chi connectivity index (χ4v) is 2.49. The molecule has 130 valence electrons. The van der Waals surface area contributed by atoms with E-state index in [0.717, 1.165) is 18.5 Å². The number of hydrogen-bond donors (Lipinski definition) is 3. The number of primary amides is 1. The van der Waals surface area contributed by atoms with Crippen molar-refractivity contribution in [3.8, 4) is 0 Å². The van der Waals surface area contributed by atoms with E-state index >= 15 is 0 Å². The van der Waals surface area contributed by atoms with Crippen LogP contribution in [0.3, 0.4) is 0 Å². The van der Waals surface area contributed by atoms with Crippen LogP contribution in [0.2, 0.25) is 0 Å². The van der Waals surface area contributed by atoms with Crippen LogP contribution in [0.25, 0.3) is 0 Å². The van der Waals surface area contributed by atoms with Crippen molar-refractivity contribution in [2.75, 3.05) is 13.1 Å². The Hall–Kier alpha value is -1.88. The molecule has 0 radical (unpaired) electrons. The van der Waals surface area contributed by atoms with Crippen LogP contribution in [0.15, 0.2) is 54.6 Å². The third-order valence-corrected chi connectivity index (χ3v) is 4.04. The number of benzene rings is 2. The monoisotopic (exact) mass is 348 g/mol. The molecule has 24 heavy (non-hydrogen) atoms. The number of halogens is 1. The summed E-state index contributed by atoms with van der Waals surface area (Å²) in [4.78, 5) is 11.1. The summed E-state index contributed by atoms with van der Waals surface area (Å²) in [6.07, 6.45) is 0.471. The van der Waals surface area contributed by atoms with Crippen LogP contribution in [-0.4, -0.2) is 24.1 Å². The van der Waals surface area contributed by atoms with Crippen molar-refractivity contribution in [1.82, 2.24) is 5.32 Å². The van der Waals surface area contributed by atoms with Crippen molar-refractivity contribution in [2.24, 2.45) is 5.73 Å². The van der Waals surface area contributed by atoms with Crippen molar-refractivity contribution in [2.45, 2.75) is 25.4 Å². The van der Waals surface area contributed by atoms with Crippen molar-refractivity contribution in [1.29, 1.82) is 0 Å². The predicted octanol–water partition coefficient (Wildman–Crippen LogP) is 3.02. The second-order valence-corrected chi connectivity index (χ2v) is 5.81. The fourth-order valence-electron chi connectivity index (χ4n) is 2.49. The molecule has 0 bridgehead atoms. The van der Waals surface area contributed by atoms with Crippen molar-refractivity contribution >= 4 is 18.3 Å². The number of hydrogen-bond acceptors (Lipinski definition) is 3. The Morgan fingerprint density at radius 3 is 2.29 bits per heavy atom. The van der Waals surface area contributed by atoms with E-state index in [9.17, 15) is 9.90 Å². The Kier molecular flexibility index (Phi) is 8.47. The molecule has 2 atom stereocenters. The molecule has 0 fully saturated rings. The van der Waals surface area contributed by atoms with Gasteiger partial charge in [0.1, 0.15) is 0 Å². The van der Waals surface area contributed by atoms with Gasteiger partial charge in [0, 0.05) is 12.1 Å². The molecule has 4 N–H and O–H groups in total. The summed E-state index contributed by atoms with van der Waals surface area (Å²) in [6.45, 7) is 3.51. The zero-order valence-electron chi connectivity index (χ0n) is 13.8. The molecule has 0 heterocycles. The van der Waals surface area contributed by atoms with Gasteiger partial charge in [0.25, 0.3) is 0 Å². The molecule has 5 heteroatoms. The molecule has 0 aliphatic rings. The van der Waals surface area contributed by atoms with Crippen molar-refractivity contribution < 1.29 is 9.90 Å². The Morgan fingerprint density at radius 1 is 1.08 bits per heavy atom. The molecule has 2 rings (SSSR count). The van der Waals surface area contributed by atoms with E-state index in [0.29, 0.717) is 18.0 Å². The van der Waals surface area contributed by atoms with Crippen LogP contribution in [0.5, 0.6) is 0 Å². The van der Waals surface area contributed by atoms with E-state index in [1.807, 2.05) is 42.5 Å². The van der Waals surface area contributed by atoms with Gasteiger partial charge in [0.05, 0.1) is 6.10 Å². The number of aliphatic hydroxyl groups is 1. The third kappa shape index (κ3) is 5.96. The number of aliphatic hydroxyl groups excluding tert-OH is 1. The summed E-state index contributed by atoms with van der Waals surface area (Å²) in [5.74, 6) is -0.0286. The molecule has 2 aromatic carbocycles. The van der Waals surface area contributed by atoms with E-state index in [1.54, 1.807) is 12.1 Å². The minimum absolute atomic E-state index is 0. The highest BCUT2D eigenvalue weighted by Crippen LogP contribution is 2.19. The molecule has 0 aromatic heterocycles. The summed E-state index contributed by atoms with van der Waals surface area (Å²) in [7, 11) is 0. The van der Waals surface area contributed by atoms with E-state index in [-0.39, 0.29) is 12.4 Å². The first-order chi connectivity index (χ1) is 11.1. The quantitative estimate of drug-likeness (QED) is 0.642. The number of rotatable bonds is 8. The molecular formula is C19H25ClN2O2. The second-order valence-electron chi connectivity index (χ2n) is 5.81. The van der Waals surface area contributed by atoms with Crippen LogP contribution in [0, 0.1) is 0 Å². The van der Waals surface area contributed by atoms with Gasteiger partial charge < -0.3 is 16.2 Å². The highest BCUT2D eigenvalue weighted by atomic mass is 35.5. The molecule has 0 spiro atoms. The molecule has 0 aliphatic carbocycles. The van der Waals surface area contributed by atoms with Gasteiger partial charge in [-0.3, -0.25) is 4.79 Å². The number of carbonyl (C=O) groups excluding carboxylic acids is 1. The largest absolute Gasteiger partial charge is 0.387 e. The first kappa shape index (κ1) is 20.2. The van der Waals surface area contributed by atoms with Crippen LogP contribution in [-0.2, 0) is 0 Å². The maximum Gasteiger partial charge on any atom is 0.248 e. The normalized spacial score (nSPS) is 12.9. The Morgan fingerprint density at radius 2 is 1.71 bits per heavy atom. The molecule has 0 saturated heterocycles. The topological polar surface area (TPSA) is 75.3 Å². The SMILES string of the molecule is C[C@H](CCNCC(O)c1ccccc1)c1ccc(C(N)=O)cc1.Cl. The first-order valence-electron chi connectivity index (χ1n) is 7.91. The van der Waals surface area contributed by atoms with Crippen LogP contribution in [0.1, 0.15) is 46.9 Å². The number of carbonyl (C=O) groups is 1. The van der Waals surface area contributed by atoms with Gasteiger partial charge in [-0.15, -0.1) is 12.4 Å². The van der Waals surface area contributed by atoms with E-state index < -0.39 is 12.0 Å². The molecule has 0 saturated carbocycles. The number of amides is 1. The zero-order chi connectivity index (χ0) is 16.7. The van der Waals surface area contributed by atoms with Crippen LogP contribution >= 0.6 is 12.4 Å². The van der Waals surface area contributed by atoms with E-state index in [2.05, 4.69) is 12.2 Å². The lowest BCUT2D eigenvalue weighted by Gasteiger charge is -2.15. The highest BCUT2D eigenvalue weighted by Gasteiger charge is 2.09. The van der Waals surface area contributed by atoms with Gasteiger partial charge >= 0.3 is 0 Å². The number of nitrogens with two attached hydrogens (primary N) is 1. The summed E-state index contributed by atoms with van der Waals surface area (Å²) >= 11 is 0. The van der Waals surface area contributed by atoms with Gasteiger partial charge in [-0.25, -0.2) is 0 Å². The maximum atomic E-state index is 11.1. The summed E-state index contributed by atoms with van der Waals surface area (Å²) in [6, 6.07) is 17.1. The lowest BCUT2D eigenvalue weighted by molar-refractivity contribution is 0.1000. The third-order valence-electron chi connectivity index (χ3n) is 4.04. The maximum absolute atomic E-state index is 11.1. The minimum atomic E-state index is -0.485. The Bertz CT molecular complexity index is 617. The van der Waals surface area contributed by atoms with Crippen molar-refractivity contribution in [3.05, 3.63) is 71.3 Å². The minimum Gasteiger partial charge on any atom is -0.387 e. The molecule has 1 amide bonds. The van der Waals surface area contributed by atoms with Crippen molar-refractivity contribution in [3.63, 3.8) is 0 Å². The lowest BCUT2D eigenvalue weighted by atomic mass is 9.96. The molecule has 0 aliphatic heterocycles. The van der Waals surface area contributed by atoms with Gasteiger partial charge in [0.2, 0.25) is 5.91 Å². The average Bonchev–Trinajstić information content (AvgIpc) is 2.59. The van der Waals surface area contributed by atoms with E-state index in [4.69, 9.17) is 5.73 Å². The number of nitrogens with one attached hydrogen (secondary N) is 1. The highest BCUT2D eigenvalue weighted by molar-refractivity contribution is 5.92. The zero-order valence-corrected chi connectivity index (χ0v) is 14.6. The summed E-state index contributed by atoms with van der Waals surface area (Å²) in [5.41, 5.74) is 7.88. The Balaban J connectivity index is 0.00000288. The van der Waals surface area contributed by atoms with Gasteiger partial charge in [-0.1, -0.05) is 49.4 Å².